The molecule has 2 fully saturated rings. The summed E-state index contributed by atoms with van der Waals surface area (Å²) in [5.74, 6) is 1.44. The van der Waals surface area contributed by atoms with Crippen molar-refractivity contribution in [3.05, 3.63) is 30.1 Å². The van der Waals surface area contributed by atoms with Gasteiger partial charge in [-0.1, -0.05) is 0 Å². The molecule has 8 nitrogen and oxygen atoms in total. The van der Waals surface area contributed by atoms with Gasteiger partial charge in [-0.15, -0.1) is 0 Å². The highest BCUT2D eigenvalue weighted by Gasteiger charge is 2.27. The number of dihydropyridines is 1. The van der Waals surface area contributed by atoms with Crippen molar-refractivity contribution >= 4 is 28.5 Å². The van der Waals surface area contributed by atoms with Gasteiger partial charge < -0.3 is 15.4 Å². The number of pyridine rings is 1. The van der Waals surface area contributed by atoms with E-state index in [0.29, 0.717) is 18.0 Å². The van der Waals surface area contributed by atoms with E-state index in [0.717, 1.165) is 80.4 Å². The smallest absolute Gasteiger partial charge is 0.229 e. The summed E-state index contributed by atoms with van der Waals surface area (Å²) in [6.45, 7) is 6.70. The standard InChI is InChI=1S/C23H31N7O/c1-16-15-18(8-10-24-16)27-23-28-20-3-2-9-25-21(20)22(29-23)26-17-4-6-19(7-5-17)30-11-13-31-14-12-30/h2-3,9,15,17,19H,4-8,10-14H2,1H3,(H2,26,27,28,29)/t17-,19-. The van der Waals surface area contributed by atoms with Crippen molar-refractivity contribution in [3.63, 3.8) is 0 Å². The van der Waals surface area contributed by atoms with E-state index in [2.05, 4.69) is 31.6 Å². The monoisotopic (exact) mass is 421 g/mol. The van der Waals surface area contributed by atoms with Crippen molar-refractivity contribution in [1.82, 2.24) is 19.9 Å². The molecular formula is C23H31N7O. The van der Waals surface area contributed by atoms with Crippen LogP contribution in [-0.4, -0.2) is 70.5 Å². The van der Waals surface area contributed by atoms with E-state index < -0.39 is 0 Å². The minimum absolute atomic E-state index is 0.411. The van der Waals surface area contributed by atoms with Gasteiger partial charge in [-0.25, -0.2) is 4.98 Å². The molecule has 3 aliphatic rings. The van der Waals surface area contributed by atoms with Crippen molar-refractivity contribution in [3.8, 4) is 0 Å². The van der Waals surface area contributed by atoms with Gasteiger partial charge >= 0.3 is 0 Å². The number of hydrogen-bond acceptors (Lipinski definition) is 8. The molecule has 164 valence electrons. The Labute approximate surface area is 183 Å². The number of allylic oxidation sites excluding steroid dienone is 1. The summed E-state index contributed by atoms with van der Waals surface area (Å²) in [7, 11) is 0. The first-order valence-corrected chi connectivity index (χ1v) is 11.4. The predicted molar refractivity (Wildman–Crippen MR) is 124 cm³/mol. The van der Waals surface area contributed by atoms with Crippen molar-refractivity contribution in [2.45, 2.75) is 51.1 Å². The number of nitrogens with one attached hydrogen (secondary N) is 2. The van der Waals surface area contributed by atoms with Gasteiger partial charge in [0.15, 0.2) is 5.82 Å². The number of aliphatic imine (C=N–C) groups is 1. The van der Waals surface area contributed by atoms with Crippen LogP contribution in [0.25, 0.3) is 11.0 Å². The zero-order valence-corrected chi connectivity index (χ0v) is 18.2. The number of aromatic nitrogens is 3. The Morgan fingerprint density at radius 2 is 1.94 bits per heavy atom. The first kappa shape index (κ1) is 20.3. The van der Waals surface area contributed by atoms with E-state index in [1.165, 1.54) is 12.8 Å². The number of hydrogen-bond donors (Lipinski definition) is 2. The minimum atomic E-state index is 0.411. The molecule has 0 bridgehead atoms. The third-order valence-electron chi connectivity index (χ3n) is 6.45. The van der Waals surface area contributed by atoms with E-state index in [1.807, 2.05) is 25.3 Å². The number of morpholine rings is 1. The van der Waals surface area contributed by atoms with Crippen LogP contribution in [0.2, 0.25) is 0 Å². The number of nitrogens with zero attached hydrogens (tertiary/aromatic N) is 5. The molecule has 4 heterocycles. The fourth-order valence-electron chi connectivity index (χ4n) is 4.81. The van der Waals surface area contributed by atoms with Crippen LogP contribution in [0.5, 0.6) is 0 Å². The lowest BCUT2D eigenvalue weighted by Gasteiger charge is -2.39. The topological polar surface area (TPSA) is 87.6 Å². The van der Waals surface area contributed by atoms with Crippen LogP contribution in [0.4, 0.5) is 11.8 Å². The minimum Gasteiger partial charge on any atom is -0.379 e. The molecule has 0 radical (unpaired) electrons. The lowest BCUT2D eigenvalue weighted by molar-refractivity contribution is 0.00791. The highest BCUT2D eigenvalue weighted by atomic mass is 16.5. The average molecular weight is 422 g/mol. The molecule has 0 spiro atoms. The highest BCUT2D eigenvalue weighted by Crippen LogP contribution is 2.28. The van der Waals surface area contributed by atoms with Crippen LogP contribution in [0.3, 0.4) is 0 Å². The maximum Gasteiger partial charge on any atom is 0.229 e. The van der Waals surface area contributed by atoms with Crippen molar-refractivity contribution < 1.29 is 4.74 Å². The first-order chi connectivity index (χ1) is 15.2. The summed E-state index contributed by atoms with van der Waals surface area (Å²) >= 11 is 0. The van der Waals surface area contributed by atoms with Crippen LogP contribution >= 0.6 is 0 Å². The molecule has 2 N–H and O–H groups in total. The van der Waals surface area contributed by atoms with Crippen molar-refractivity contribution in [2.75, 3.05) is 43.5 Å². The lowest BCUT2D eigenvalue weighted by atomic mass is 9.90. The molecule has 1 saturated heterocycles. The van der Waals surface area contributed by atoms with Crippen LogP contribution < -0.4 is 10.6 Å². The number of ether oxygens (including phenoxy) is 1. The summed E-state index contributed by atoms with van der Waals surface area (Å²) < 4.78 is 5.51. The van der Waals surface area contributed by atoms with E-state index in [1.54, 1.807) is 0 Å². The normalized spacial score (nSPS) is 25.1. The molecule has 2 aromatic rings. The van der Waals surface area contributed by atoms with Gasteiger partial charge in [-0.05, 0) is 50.8 Å². The molecule has 1 saturated carbocycles. The van der Waals surface area contributed by atoms with E-state index >= 15 is 0 Å². The second kappa shape index (κ2) is 9.28. The molecule has 1 aliphatic carbocycles. The molecule has 0 amide bonds. The van der Waals surface area contributed by atoms with Crippen LogP contribution in [0.1, 0.15) is 39.0 Å². The van der Waals surface area contributed by atoms with E-state index in [4.69, 9.17) is 14.7 Å². The van der Waals surface area contributed by atoms with Gasteiger partial charge in [0.1, 0.15) is 5.52 Å². The van der Waals surface area contributed by atoms with Crippen LogP contribution in [-0.2, 0) is 4.74 Å². The lowest BCUT2D eigenvalue weighted by Crippen LogP contribution is -2.46. The van der Waals surface area contributed by atoms with Gasteiger partial charge in [-0.3, -0.25) is 14.9 Å². The zero-order valence-electron chi connectivity index (χ0n) is 18.2. The Kier molecular flexibility index (Phi) is 6.08. The maximum absolute atomic E-state index is 5.51. The fraction of sp³-hybridized carbons (Fsp3) is 0.565. The molecule has 5 rings (SSSR count). The maximum atomic E-state index is 5.51. The number of rotatable bonds is 5. The first-order valence-electron chi connectivity index (χ1n) is 11.4. The van der Waals surface area contributed by atoms with Crippen molar-refractivity contribution in [1.29, 1.82) is 0 Å². The summed E-state index contributed by atoms with van der Waals surface area (Å²) in [4.78, 5) is 21.1. The largest absolute Gasteiger partial charge is 0.379 e. The van der Waals surface area contributed by atoms with E-state index in [9.17, 15) is 0 Å². The third-order valence-corrected chi connectivity index (χ3v) is 6.45. The van der Waals surface area contributed by atoms with Gasteiger partial charge in [0.25, 0.3) is 0 Å². The average Bonchev–Trinajstić information content (AvgIpc) is 2.80. The Morgan fingerprint density at radius 1 is 1.10 bits per heavy atom. The third kappa shape index (κ3) is 4.85. The summed E-state index contributed by atoms with van der Waals surface area (Å²) in [6.07, 6.45) is 9.46. The Bertz CT molecular complexity index is 975. The van der Waals surface area contributed by atoms with Gasteiger partial charge in [0.2, 0.25) is 5.95 Å². The summed E-state index contributed by atoms with van der Waals surface area (Å²) in [5, 5.41) is 7.10. The van der Waals surface area contributed by atoms with Crippen LogP contribution in [0.15, 0.2) is 35.1 Å². The quantitative estimate of drug-likeness (QED) is 0.766. The predicted octanol–water partition coefficient (Wildman–Crippen LogP) is 3.24. The molecule has 8 heteroatoms. The molecular weight excluding hydrogens is 390 g/mol. The molecule has 0 unspecified atom stereocenters. The number of anilines is 2. The second-order valence-corrected chi connectivity index (χ2v) is 8.63. The van der Waals surface area contributed by atoms with Crippen molar-refractivity contribution in [2.24, 2.45) is 4.99 Å². The number of fused-ring (bicyclic) bond motifs is 1. The van der Waals surface area contributed by atoms with Gasteiger partial charge in [-0.2, -0.15) is 4.98 Å². The fourth-order valence-corrected chi connectivity index (χ4v) is 4.81. The van der Waals surface area contributed by atoms with Crippen LogP contribution in [0, 0.1) is 0 Å². The summed E-state index contributed by atoms with van der Waals surface area (Å²) in [5.41, 5.74) is 3.82. The molecule has 0 aromatic carbocycles. The highest BCUT2D eigenvalue weighted by molar-refractivity contribution is 5.94. The van der Waals surface area contributed by atoms with Gasteiger partial charge in [0, 0.05) is 55.7 Å². The van der Waals surface area contributed by atoms with E-state index in [-0.39, 0.29) is 0 Å². The molecule has 31 heavy (non-hydrogen) atoms. The Hall–Kier alpha value is -2.58. The SMILES string of the molecule is CC1=NCCC(Nc2nc(N[C@H]3CC[C@H](N4CCOCC4)CC3)c3ncccc3n2)=C1. The molecule has 2 aromatic heterocycles. The zero-order chi connectivity index (χ0) is 21.0. The summed E-state index contributed by atoms with van der Waals surface area (Å²) in [6, 6.07) is 5.02. The molecule has 2 aliphatic heterocycles. The second-order valence-electron chi connectivity index (χ2n) is 8.63. The van der Waals surface area contributed by atoms with Gasteiger partial charge in [0.05, 0.1) is 18.7 Å². The Balaban J connectivity index is 1.30. The molecule has 0 atom stereocenters. The Morgan fingerprint density at radius 3 is 2.74 bits per heavy atom.